The van der Waals surface area contributed by atoms with E-state index in [2.05, 4.69) is 19.2 Å². The SMILES string of the molecule is CC(Oc1ccccc1C(C)C)C(=O)Nc1ccccc1. The number of carbonyl (C=O) groups is 1. The molecule has 0 aromatic heterocycles. The second-order valence-electron chi connectivity index (χ2n) is 5.31. The molecule has 1 N–H and O–H groups in total. The predicted octanol–water partition coefficient (Wildman–Crippen LogP) is 4.22. The molecule has 0 bridgehead atoms. The predicted molar refractivity (Wildman–Crippen MR) is 85.7 cm³/mol. The molecule has 3 nitrogen and oxygen atoms in total. The van der Waals surface area contributed by atoms with E-state index in [0.717, 1.165) is 17.0 Å². The topological polar surface area (TPSA) is 38.3 Å². The lowest BCUT2D eigenvalue weighted by molar-refractivity contribution is -0.122. The van der Waals surface area contributed by atoms with E-state index in [0.29, 0.717) is 5.92 Å². The average Bonchev–Trinajstić information content (AvgIpc) is 2.48. The van der Waals surface area contributed by atoms with Crippen molar-refractivity contribution in [1.82, 2.24) is 0 Å². The van der Waals surface area contributed by atoms with Crippen LogP contribution in [0.4, 0.5) is 5.69 Å². The first-order valence-electron chi connectivity index (χ1n) is 7.19. The summed E-state index contributed by atoms with van der Waals surface area (Å²) in [6.07, 6.45) is -0.551. The third kappa shape index (κ3) is 4.09. The third-order valence-electron chi connectivity index (χ3n) is 3.26. The summed E-state index contributed by atoms with van der Waals surface area (Å²) >= 11 is 0. The number of ether oxygens (including phenoxy) is 1. The van der Waals surface area contributed by atoms with Crippen LogP contribution in [-0.4, -0.2) is 12.0 Å². The van der Waals surface area contributed by atoms with Crippen LogP contribution in [-0.2, 0) is 4.79 Å². The summed E-state index contributed by atoms with van der Waals surface area (Å²) in [4.78, 5) is 12.2. The maximum absolute atomic E-state index is 12.2. The number of para-hydroxylation sites is 2. The van der Waals surface area contributed by atoms with Crippen LogP contribution in [0.2, 0.25) is 0 Å². The molecule has 1 atom stereocenters. The van der Waals surface area contributed by atoms with Gasteiger partial charge in [-0.3, -0.25) is 4.79 Å². The van der Waals surface area contributed by atoms with Crippen molar-refractivity contribution >= 4 is 11.6 Å². The van der Waals surface area contributed by atoms with Gasteiger partial charge in [-0.2, -0.15) is 0 Å². The number of anilines is 1. The van der Waals surface area contributed by atoms with Crippen LogP contribution in [0.25, 0.3) is 0 Å². The van der Waals surface area contributed by atoms with Gasteiger partial charge in [0.15, 0.2) is 6.10 Å². The van der Waals surface area contributed by atoms with Crippen molar-refractivity contribution in [3.63, 3.8) is 0 Å². The lowest BCUT2D eigenvalue weighted by atomic mass is 10.0. The molecule has 1 amide bonds. The first-order valence-corrected chi connectivity index (χ1v) is 7.19. The quantitative estimate of drug-likeness (QED) is 0.892. The lowest BCUT2D eigenvalue weighted by Crippen LogP contribution is -2.30. The highest BCUT2D eigenvalue weighted by atomic mass is 16.5. The van der Waals surface area contributed by atoms with Crippen molar-refractivity contribution < 1.29 is 9.53 Å². The second-order valence-corrected chi connectivity index (χ2v) is 5.31. The van der Waals surface area contributed by atoms with Crippen LogP contribution in [0.5, 0.6) is 5.75 Å². The van der Waals surface area contributed by atoms with Gasteiger partial charge in [-0.05, 0) is 36.6 Å². The number of nitrogens with one attached hydrogen (secondary N) is 1. The molecule has 21 heavy (non-hydrogen) atoms. The van der Waals surface area contributed by atoms with Gasteiger partial charge in [0.05, 0.1) is 0 Å². The van der Waals surface area contributed by atoms with E-state index in [1.54, 1.807) is 6.92 Å². The summed E-state index contributed by atoms with van der Waals surface area (Å²) in [7, 11) is 0. The van der Waals surface area contributed by atoms with Crippen LogP contribution in [0.3, 0.4) is 0 Å². The van der Waals surface area contributed by atoms with Crippen molar-refractivity contribution in [2.75, 3.05) is 5.32 Å². The van der Waals surface area contributed by atoms with Gasteiger partial charge in [-0.1, -0.05) is 50.2 Å². The largest absolute Gasteiger partial charge is 0.481 e. The zero-order chi connectivity index (χ0) is 15.2. The van der Waals surface area contributed by atoms with E-state index in [-0.39, 0.29) is 5.91 Å². The highest BCUT2D eigenvalue weighted by molar-refractivity contribution is 5.94. The second kappa shape index (κ2) is 6.93. The highest BCUT2D eigenvalue weighted by Crippen LogP contribution is 2.26. The van der Waals surface area contributed by atoms with Gasteiger partial charge in [-0.25, -0.2) is 0 Å². The van der Waals surface area contributed by atoms with E-state index in [1.807, 2.05) is 54.6 Å². The number of hydrogen-bond acceptors (Lipinski definition) is 2. The Bertz CT molecular complexity index is 593. The van der Waals surface area contributed by atoms with Crippen molar-refractivity contribution in [2.24, 2.45) is 0 Å². The van der Waals surface area contributed by atoms with E-state index in [4.69, 9.17) is 4.74 Å². The number of benzene rings is 2. The standard InChI is InChI=1S/C18H21NO2/c1-13(2)16-11-7-8-12-17(16)21-14(3)18(20)19-15-9-5-4-6-10-15/h4-14H,1-3H3,(H,19,20). The molecule has 0 aliphatic carbocycles. The Morgan fingerprint density at radius 2 is 1.57 bits per heavy atom. The Morgan fingerprint density at radius 1 is 0.952 bits per heavy atom. The van der Waals surface area contributed by atoms with Crippen LogP contribution in [0, 0.1) is 0 Å². The molecular weight excluding hydrogens is 262 g/mol. The minimum Gasteiger partial charge on any atom is -0.481 e. The minimum atomic E-state index is -0.551. The van der Waals surface area contributed by atoms with Crippen molar-refractivity contribution in [1.29, 1.82) is 0 Å². The molecule has 1 unspecified atom stereocenters. The zero-order valence-corrected chi connectivity index (χ0v) is 12.7. The Kier molecular flexibility index (Phi) is 4.99. The number of carbonyl (C=O) groups excluding carboxylic acids is 1. The van der Waals surface area contributed by atoms with E-state index in [1.165, 1.54) is 0 Å². The number of rotatable bonds is 5. The summed E-state index contributed by atoms with van der Waals surface area (Å²) in [5.74, 6) is 0.966. The van der Waals surface area contributed by atoms with Gasteiger partial charge in [0.25, 0.3) is 5.91 Å². The summed E-state index contributed by atoms with van der Waals surface area (Å²) in [5.41, 5.74) is 1.88. The van der Waals surface area contributed by atoms with Crippen molar-refractivity contribution in [2.45, 2.75) is 32.8 Å². The third-order valence-corrected chi connectivity index (χ3v) is 3.26. The molecule has 2 rings (SSSR count). The molecule has 2 aromatic carbocycles. The molecule has 0 aliphatic rings. The molecule has 0 fully saturated rings. The monoisotopic (exact) mass is 283 g/mol. The van der Waals surface area contributed by atoms with Crippen LogP contribution < -0.4 is 10.1 Å². The Balaban J connectivity index is 2.04. The number of amides is 1. The van der Waals surface area contributed by atoms with Crippen LogP contribution >= 0.6 is 0 Å². The van der Waals surface area contributed by atoms with Gasteiger partial charge >= 0.3 is 0 Å². The zero-order valence-electron chi connectivity index (χ0n) is 12.7. The van der Waals surface area contributed by atoms with Gasteiger partial charge in [0.1, 0.15) is 5.75 Å². The fourth-order valence-electron chi connectivity index (χ4n) is 2.07. The molecule has 3 heteroatoms. The Hall–Kier alpha value is -2.29. The van der Waals surface area contributed by atoms with Crippen LogP contribution in [0.1, 0.15) is 32.3 Å². The van der Waals surface area contributed by atoms with E-state index >= 15 is 0 Å². The minimum absolute atomic E-state index is 0.153. The molecule has 110 valence electrons. The molecule has 0 saturated heterocycles. The average molecular weight is 283 g/mol. The number of hydrogen-bond donors (Lipinski definition) is 1. The highest BCUT2D eigenvalue weighted by Gasteiger charge is 2.17. The molecule has 2 aromatic rings. The molecule has 0 radical (unpaired) electrons. The maximum Gasteiger partial charge on any atom is 0.265 e. The fourth-order valence-corrected chi connectivity index (χ4v) is 2.07. The first kappa shape index (κ1) is 15.1. The van der Waals surface area contributed by atoms with Gasteiger partial charge < -0.3 is 10.1 Å². The van der Waals surface area contributed by atoms with Crippen LogP contribution in [0.15, 0.2) is 54.6 Å². The summed E-state index contributed by atoms with van der Waals surface area (Å²) in [6, 6.07) is 17.2. The van der Waals surface area contributed by atoms with E-state index < -0.39 is 6.10 Å². The molecule has 0 spiro atoms. The van der Waals surface area contributed by atoms with Crippen molar-refractivity contribution in [3.8, 4) is 5.75 Å². The molecule has 0 aliphatic heterocycles. The van der Waals surface area contributed by atoms with Gasteiger partial charge in [0, 0.05) is 5.69 Å². The summed E-state index contributed by atoms with van der Waals surface area (Å²) < 4.78 is 5.83. The van der Waals surface area contributed by atoms with Gasteiger partial charge in [-0.15, -0.1) is 0 Å². The molecule has 0 saturated carbocycles. The molecule has 0 heterocycles. The fraction of sp³-hybridized carbons (Fsp3) is 0.278. The lowest BCUT2D eigenvalue weighted by Gasteiger charge is -2.18. The first-order chi connectivity index (χ1) is 10.1. The summed E-state index contributed by atoms with van der Waals surface area (Å²) in [5, 5.41) is 2.85. The summed E-state index contributed by atoms with van der Waals surface area (Å²) in [6.45, 7) is 5.98. The molecular formula is C18H21NO2. The van der Waals surface area contributed by atoms with E-state index in [9.17, 15) is 4.79 Å². The smallest absolute Gasteiger partial charge is 0.265 e. The normalized spacial score (nSPS) is 12.0. The Morgan fingerprint density at radius 3 is 2.24 bits per heavy atom. The van der Waals surface area contributed by atoms with Crippen molar-refractivity contribution in [3.05, 3.63) is 60.2 Å². The maximum atomic E-state index is 12.2. The van der Waals surface area contributed by atoms with Gasteiger partial charge in [0.2, 0.25) is 0 Å². The Labute approximate surface area is 126 Å².